The quantitative estimate of drug-likeness (QED) is 0.574. The predicted octanol–water partition coefficient (Wildman–Crippen LogP) is 4.96. The van der Waals surface area contributed by atoms with Crippen LogP contribution < -0.4 is 4.90 Å². The fourth-order valence-corrected chi connectivity index (χ4v) is 4.04. The first kappa shape index (κ1) is 20.9. The maximum absolute atomic E-state index is 12.8. The summed E-state index contributed by atoms with van der Waals surface area (Å²) in [6, 6.07) is 10.7. The molecule has 0 bridgehead atoms. The Kier molecular flexibility index (Phi) is 5.84. The van der Waals surface area contributed by atoms with E-state index in [2.05, 4.69) is 47.8 Å². The number of benzene rings is 1. The third kappa shape index (κ3) is 4.52. The van der Waals surface area contributed by atoms with Crippen LogP contribution in [0.1, 0.15) is 18.1 Å². The molecule has 4 rings (SSSR count). The molecule has 3 heterocycles. The molecule has 1 fully saturated rings. The van der Waals surface area contributed by atoms with Crippen LogP contribution in [0.3, 0.4) is 0 Å². The number of anilines is 1. The first-order chi connectivity index (χ1) is 14.3. The molecular weight excluding hydrogens is 459 g/mol. The molecule has 0 amide bonds. The number of H-pyrrole nitrogens is 1. The second-order valence-corrected chi connectivity index (χ2v) is 8.36. The van der Waals surface area contributed by atoms with Gasteiger partial charge in [0.25, 0.3) is 0 Å². The molecule has 0 aliphatic carbocycles. The van der Waals surface area contributed by atoms with Crippen LogP contribution in [0.25, 0.3) is 11.3 Å². The fraction of sp³-hybridized carbons (Fsp3) is 0.333. The number of halogens is 4. The summed E-state index contributed by atoms with van der Waals surface area (Å²) < 4.78 is 39.3. The van der Waals surface area contributed by atoms with E-state index in [0.29, 0.717) is 12.4 Å². The first-order valence-corrected chi connectivity index (χ1v) is 10.4. The van der Waals surface area contributed by atoms with Gasteiger partial charge in [0.1, 0.15) is 5.82 Å². The number of aromatic amines is 1. The fourth-order valence-electron chi connectivity index (χ4n) is 3.77. The number of rotatable bonds is 4. The standard InChI is InChI=1S/C21H21BrF3N5/c1-14-12-29(8-9-30(14)19-7-4-17(11-26-19)21(23,24)25)13-16-10-27-28-20(16)15-2-5-18(22)6-3-15/h2-7,10-11,14H,8-9,12-13H2,1H3,(H,27,28)/t14-/m1/s1. The summed E-state index contributed by atoms with van der Waals surface area (Å²) in [5.74, 6) is 0.578. The molecule has 3 aromatic rings. The molecule has 0 unspecified atom stereocenters. The molecule has 1 aliphatic heterocycles. The van der Waals surface area contributed by atoms with Gasteiger partial charge in [-0.25, -0.2) is 4.98 Å². The van der Waals surface area contributed by atoms with Gasteiger partial charge in [-0.3, -0.25) is 10.00 Å². The Balaban J connectivity index is 1.42. The van der Waals surface area contributed by atoms with Crippen molar-refractivity contribution in [2.75, 3.05) is 24.5 Å². The molecule has 30 heavy (non-hydrogen) atoms. The number of aromatic nitrogens is 3. The molecule has 1 saturated heterocycles. The van der Waals surface area contributed by atoms with E-state index < -0.39 is 11.7 Å². The molecule has 9 heteroatoms. The number of nitrogens with one attached hydrogen (secondary N) is 1. The van der Waals surface area contributed by atoms with E-state index in [9.17, 15) is 13.2 Å². The van der Waals surface area contributed by atoms with Crippen molar-refractivity contribution in [3.05, 3.63) is 64.4 Å². The molecular formula is C21H21BrF3N5. The van der Waals surface area contributed by atoms with E-state index >= 15 is 0 Å². The second kappa shape index (κ2) is 8.39. The van der Waals surface area contributed by atoms with Crippen LogP contribution in [0.15, 0.2) is 53.3 Å². The smallest absolute Gasteiger partial charge is 0.351 e. The van der Waals surface area contributed by atoms with Crippen molar-refractivity contribution in [2.24, 2.45) is 0 Å². The Morgan fingerprint density at radius 2 is 1.90 bits per heavy atom. The van der Waals surface area contributed by atoms with E-state index in [0.717, 1.165) is 53.2 Å². The van der Waals surface area contributed by atoms with Gasteiger partial charge in [-0.2, -0.15) is 18.3 Å². The van der Waals surface area contributed by atoms with Crippen molar-refractivity contribution in [3.8, 4) is 11.3 Å². The number of pyridine rings is 1. The van der Waals surface area contributed by atoms with E-state index in [1.807, 2.05) is 30.5 Å². The lowest BCUT2D eigenvalue weighted by Crippen LogP contribution is -2.51. The van der Waals surface area contributed by atoms with Crippen LogP contribution in [0, 0.1) is 0 Å². The summed E-state index contributed by atoms with van der Waals surface area (Å²) in [7, 11) is 0. The highest BCUT2D eigenvalue weighted by Gasteiger charge is 2.31. The van der Waals surface area contributed by atoms with Crippen LogP contribution in [0.5, 0.6) is 0 Å². The third-order valence-corrected chi connectivity index (χ3v) is 5.84. The minimum absolute atomic E-state index is 0.131. The van der Waals surface area contributed by atoms with Gasteiger partial charge in [0.15, 0.2) is 0 Å². The maximum Gasteiger partial charge on any atom is 0.417 e. The van der Waals surface area contributed by atoms with Gasteiger partial charge < -0.3 is 4.90 Å². The SMILES string of the molecule is C[C@@H]1CN(Cc2c[nH]nc2-c2ccc(Br)cc2)CCN1c1ccc(C(F)(F)F)cn1. The minimum Gasteiger partial charge on any atom is -0.351 e. The number of piperazine rings is 1. The van der Waals surface area contributed by atoms with Crippen LogP contribution in [-0.4, -0.2) is 45.8 Å². The normalized spacial score (nSPS) is 18.0. The summed E-state index contributed by atoms with van der Waals surface area (Å²) >= 11 is 3.45. The Hall–Kier alpha value is -2.39. The summed E-state index contributed by atoms with van der Waals surface area (Å²) in [4.78, 5) is 8.44. The van der Waals surface area contributed by atoms with Crippen molar-refractivity contribution in [2.45, 2.75) is 25.7 Å². The van der Waals surface area contributed by atoms with Gasteiger partial charge in [0, 0.05) is 60.2 Å². The molecule has 0 radical (unpaired) electrons. The average molecular weight is 480 g/mol. The zero-order chi connectivity index (χ0) is 21.3. The maximum atomic E-state index is 12.8. The lowest BCUT2D eigenvalue weighted by molar-refractivity contribution is -0.137. The molecule has 2 aromatic heterocycles. The summed E-state index contributed by atoms with van der Waals surface area (Å²) in [5.41, 5.74) is 2.38. The Morgan fingerprint density at radius 1 is 1.13 bits per heavy atom. The second-order valence-electron chi connectivity index (χ2n) is 7.45. The van der Waals surface area contributed by atoms with Gasteiger partial charge >= 0.3 is 6.18 Å². The minimum atomic E-state index is -4.37. The number of hydrogen-bond donors (Lipinski definition) is 1. The van der Waals surface area contributed by atoms with Gasteiger partial charge in [-0.15, -0.1) is 0 Å². The van der Waals surface area contributed by atoms with E-state index in [1.54, 1.807) is 0 Å². The largest absolute Gasteiger partial charge is 0.417 e. The van der Waals surface area contributed by atoms with Crippen molar-refractivity contribution >= 4 is 21.7 Å². The van der Waals surface area contributed by atoms with Crippen molar-refractivity contribution < 1.29 is 13.2 Å². The Morgan fingerprint density at radius 3 is 2.53 bits per heavy atom. The highest BCUT2D eigenvalue weighted by molar-refractivity contribution is 9.10. The Bertz CT molecular complexity index is 985. The topological polar surface area (TPSA) is 48.1 Å². The zero-order valence-corrected chi connectivity index (χ0v) is 17.9. The molecule has 1 aromatic carbocycles. The number of hydrogen-bond acceptors (Lipinski definition) is 4. The van der Waals surface area contributed by atoms with E-state index in [-0.39, 0.29) is 6.04 Å². The van der Waals surface area contributed by atoms with Gasteiger partial charge in [0.05, 0.1) is 11.3 Å². The monoisotopic (exact) mass is 479 g/mol. The molecule has 1 atom stereocenters. The van der Waals surface area contributed by atoms with E-state index in [4.69, 9.17) is 0 Å². The highest BCUT2D eigenvalue weighted by atomic mass is 79.9. The van der Waals surface area contributed by atoms with Crippen LogP contribution >= 0.6 is 15.9 Å². The highest BCUT2D eigenvalue weighted by Crippen LogP contribution is 2.30. The summed E-state index contributed by atoms with van der Waals surface area (Å²) in [6.07, 6.45) is -1.54. The zero-order valence-electron chi connectivity index (χ0n) is 16.3. The van der Waals surface area contributed by atoms with Crippen molar-refractivity contribution in [3.63, 3.8) is 0 Å². The first-order valence-electron chi connectivity index (χ1n) is 9.62. The van der Waals surface area contributed by atoms with Gasteiger partial charge in [-0.1, -0.05) is 28.1 Å². The van der Waals surface area contributed by atoms with E-state index in [1.165, 1.54) is 6.07 Å². The summed E-state index contributed by atoms with van der Waals surface area (Å²) in [6.45, 7) is 5.09. The third-order valence-electron chi connectivity index (χ3n) is 5.31. The summed E-state index contributed by atoms with van der Waals surface area (Å²) in [5, 5.41) is 7.38. The van der Waals surface area contributed by atoms with Gasteiger partial charge in [0.2, 0.25) is 0 Å². The molecule has 0 spiro atoms. The lowest BCUT2D eigenvalue weighted by Gasteiger charge is -2.40. The van der Waals surface area contributed by atoms with Crippen LogP contribution in [0.2, 0.25) is 0 Å². The predicted molar refractivity (Wildman–Crippen MR) is 113 cm³/mol. The Labute approximate surface area is 181 Å². The molecule has 5 nitrogen and oxygen atoms in total. The lowest BCUT2D eigenvalue weighted by atomic mass is 10.1. The average Bonchev–Trinajstić information content (AvgIpc) is 3.16. The number of alkyl halides is 3. The van der Waals surface area contributed by atoms with Gasteiger partial charge in [-0.05, 0) is 31.2 Å². The van der Waals surface area contributed by atoms with Crippen molar-refractivity contribution in [1.82, 2.24) is 20.1 Å². The molecule has 158 valence electrons. The molecule has 1 aliphatic rings. The molecule has 0 saturated carbocycles. The van der Waals surface area contributed by atoms with Crippen LogP contribution in [0.4, 0.5) is 19.0 Å². The van der Waals surface area contributed by atoms with Crippen molar-refractivity contribution in [1.29, 1.82) is 0 Å². The van der Waals surface area contributed by atoms with Crippen LogP contribution in [-0.2, 0) is 12.7 Å². The number of nitrogens with zero attached hydrogens (tertiary/aromatic N) is 4. The molecule has 1 N–H and O–H groups in total.